The van der Waals surface area contributed by atoms with Crippen LogP contribution in [0.5, 0.6) is 0 Å². The van der Waals surface area contributed by atoms with Gasteiger partial charge >= 0.3 is 11.7 Å². The van der Waals surface area contributed by atoms with Gasteiger partial charge in [-0.25, -0.2) is 4.79 Å². The minimum Gasteiger partial charge on any atom is -0.463 e. The van der Waals surface area contributed by atoms with Crippen molar-refractivity contribution >= 4 is 5.97 Å². The molecule has 0 saturated carbocycles. The predicted molar refractivity (Wildman–Crippen MR) is 140 cm³/mol. The second-order valence-corrected chi connectivity index (χ2v) is 9.91. The summed E-state index contributed by atoms with van der Waals surface area (Å²) in [7, 11) is 0. The number of rotatable bonds is 10. The number of carbonyl (C=O) groups excluding carboxylic acids is 1. The molecule has 0 amide bonds. The fourth-order valence-electron chi connectivity index (χ4n) is 5.18. The van der Waals surface area contributed by atoms with Gasteiger partial charge in [0.1, 0.15) is 24.4 Å². The molecule has 0 spiro atoms. The standard InChI is InChI=1S/C29H32N2O8/c1-19-14-31(28(34)30-26(19)33)27-25-29(13-23(38-25)17-36-20(2)32,37-16-22-11-7-4-8-12-22)24(39-27)18-35-15-21-9-5-3-6-10-21/h3-12,14,23-25,27H,13,15-18H2,1-2H3,(H,30,33,34)/t23-,24-,25-,27-,29-/m1/s1. The molecule has 39 heavy (non-hydrogen) atoms. The Morgan fingerprint density at radius 2 is 1.67 bits per heavy atom. The van der Waals surface area contributed by atoms with Crippen LogP contribution in [0.4, 0.5) is 0 Å². The van der Waals surface area contributed by atoms with Crippen molar-refractivity contribution in [1.29, 1.82) is 0 Å². The molecule has 0 aliphatic carbocycles. The highest BCUT2D eigenvalue weighted by Crippen LogP contribution is 2.50. The first-order valence-electron chi connectivity index (χ1n) is 12.9. The maximum absolute atomic E-state index is 12.9. The monoisotopic (exact) mass is 536 g/mol. The Kier molecular flexibility index (Phi) is 8.08. The van der Waals surface area contributed by atoms with Crippen LogP contribution in [0.3, 0.4) is 0 Å². The van der Waals surface area contributed by atoms with Gasteiger partial charge in [0, 0.05) is 25.1 Å². The Bertz CT molecular complexity index is 1390. The number of esters is 1. The van der Waals surface area contributed by atoms with Gasteiger partial charge in [-0.3, -0.25) is 19.1 Å². The molecule has 5 atom stereocenters. The van der Waals surface area contributed by atoms with E-state index in [4.69, 9.17) is 23.7 Å². The Balaban J connectivity index is 1.48. The lowest BCUT2D eigenvalue weighted by atomic mass is 9.89. The lowest BCUT2D eigenvalue weighted by Gasteiger charge is -2.32. The molecular formula is C29H32N2O8. The van der Waals surface area contributed by atoms with E-state index in [9.17, 15) is 14.4 Å². The van der Waals surface area contributed by atoms with Gasteiger partial charge in [0.2, 0.25) is 0 Å². The molecule has 2 aliphatic rings. The number of aromatic amines is 1. The van der Waals surface area contributed by atoms with Crippen molar-refractivity contribution in [2.75, 3.05) is 13.2 Å². The third kappa shape index (κ3) is 5.89. The quantitative estimate of drug-likeness (QED) is 0.393. The molecule has 3 aromatic rings. The Morgan fingerprint density at radius 3 is 2.33 bits per heavy atom. The van der Waals surface area contributed by atoms with Crippen molar-refractivity contribution in [3.05, 3.63) is 104 Å². The van der Waals surface area contributed by atoms with Gasteiger partial charge in [0.25, 0.3) is 5.56 Å². The van der Waals surface area contributed by atoms with Gasteiger partial charge in [-0.2, -0.15) is 0 Å². The number of benzene rings is 2. The summed E-state index contributed by atoms with van der Waals surface area (Å²) in [5.74, 6) is -0.419. The van der Waals surface area contributed by atoms with Crippen LogP contribution in [0.1, 0.15) is 36.3 Å². The van der Waals surface area contributed by atoms with E-state index in [2.05, 4.69) is 4.98 Å². The van der Waals surface area contributed by atoms with E-state index in [1.54, 1.807) is 6.92 Å². The number of carbonyl (C=O) groups is 1. The van der Waals surface area contributed by atoms with Gasteiger partial charge in [-0.1, -0.05) is 60.7 Å². The first-order chi connectivity index (χ1) is 18.9. The van der Waals surface area contributed by atoms with Crippen LogP contribution in [-0.4, -0.2) is 52.6 Å². The number of ether oxygens (including phenoxy) is 5. The second kappa shape index (κ2) is 11.7. The number of H-pyrrole nitrogens is 1. The average molecular weight is 537 g/mol. The third-order valence-electron chi connectivity index (χ3n) is 7.10. The Morgan fingerprint density at radius 1 is 1.00 bits per heavy atom. The van der Waals surface area contributed by atoms with Crippen molar-refractivity contribution in [2.24, 2.45) is 0 Å². The molecule has 0 unspecified atom stereocenters. The van der Waals surface area contributed by atoms with Gasteiger partial charge in [0.05, 0.1) is 25.9 Å². The number of fused-ring (bicyclic) bond motifs is 1. The highest BCUT2D eigenvalue weighted by atomic mass is 16.7. The lowest BCUT2D eigenvalue weighted by Crippen LogP contribution is -2.49. The SMILES string of the molecule is CC(=O)OC[C@H]1C[C@]2(OCc3ccccc3)[C@H](O1)[C@H](n1cc(C)c(=O)[nH]c1=O)O[C@@H]2COCc1ccccc1. The summed E-state index contributed by atoms with van der Waals surface area (Å²) in [6, 6.07) is 19.5. The molecule has 1 N–H and O–H groups in total. The number of aryl methyl sites for hydroxylation is 1. The van der Waals surface area contributed by atoms with Crippen molar-refractivity contribution in [3.63, 3.8) is 0 Å². The molecule has 0 radical (unpaired) electrons. The zero-order valence-corrected chi connectivity index (χ0v) is 21.9. The fourth-order valence-corrected chi connectivity index (χ4v) is 5.18. The van der Waals surface area contributed by atoms with Crippen molar-refractivity contribution in [1.82, 2.24) is 9.55 Å². The molecular weight excluding hydrogens is 504 g/mol. The van der Waals surface area contributed by atoms with Crippen molar-refractivity contribution in [2.45, 2.75) is 63.6 Å². The molecule has 10 nitrogen and oxygen atoms in total. The highest BCUT2D eigenvalue weighted by molar-refractivity contribution is 5.65. The zero-order valence-electron chi connectivity index (χ0n) is 21.9. The molecule has 2 fully saturated rings. The molecule has 5 rings (SSSR count). The number of nitrogens with one attached hydrogen (secondary N) is 1. The summed E-state index contributed by atoms with van der Waals surface area (Å²) in [5.41, 5.74) is 0.205. The van der Waals surface area contributed by atoms with E-state index in [1.165, 1.54) is 17.7 Å². The highest BCUT2D eigenvalue weighted by Gasteiger charge is 2.64. The first-order valence-corrected chi connectivity index (χ1v) is 12.9. The molecule has 3 heterocycles. The first kappa shape index (κ1) is 27.0. The fraction of sp³-hybridized carbons (Fsp3) is 0.414. The molecule has 10 heteroatoms. The molecule has 0 bridgehead atoms. The van der Waals surface area contributed by atoms with Crippen molar-refractivity contribution in [3.8, 4) is 0 Å². The Hall–Kier alpha value is -3.57. The second-order valence-electron chi connectivity index (χ2n) is 9.91. The molecule has 1 aromatic heterocycles. The lowest BCUT2D eigenvalue weighted by molar-refractivity contribution is -0.148. The van der Waals surface area contributed by atoms with E-state index >= 15 is 0 Å². The summed E-state index contributed by atoms with van der Waals surface area (Å²) >= 11 is 0. The van der Waals surface area contributed by atoms with E-state index in [0.29, 0.717) is 18.6 Å². The van der Waals surface area contributed by atoms with E-state index in [0.717, 1.165) is 11.1 Å². The van der Waals surface area contributed by atoms with Crippen LogP contribution in [0.25, 0.3) is 0 Å². The molecule has 2 aromatic carbocycles. The predicted octanol–water partition coefficient (Wildman–Crippen LogP) is 2.64. The zero-order chi connectivity index (χ0) is 27.4. The van der Waals surface area contributed by atoms with Gasteiger partial charge in [-0.15, -0.1) is 0 Å². The molecule has 206 valence electrons. The van der Waals surface area contributed by atoms with Crippen LogP contribution in [0.15, 0.2) is 76.4 Å². The number of hydrogen-bond acceptors (Lipinski definition) is 8. The summed E-state index contributed by atoms with van der Waals surface area (Å²) in [6.45, 7) is 3.78. The van der Waals surface area contributed by atoms with E-state index in [1.807, 2.05) is 60.7 Å². The maximum atomic E-state index is 12.9. The van der Waals surface area contributed by atoms with E-state index in [-0.39, 0.29) is 19.8 Å². The normalized spacial score (nSPS) is 25.9. The largest absolute Gasteiger partial charge is 0.463 e. The van der Waals surface area contributed by atoms with Crippen molar-refractivity contribution < 1.29 is 28.5 Å². The maximum Gasteiger partial charge on any atom is 0.330 e. The van der Waals surface area contributed by atoms with Crippen LogP contribution in [-0.2, 0) is 41.7 Å². The summed E-state index contributed by atoms with van der Waals surface area (Å²) in [6.07, 6.45) is -0.945. The van der Waals surface area contributed by atoms with Gasteiger partial charge < -0.3 is 23.7 Å². The van der Waals surface area contributed by atoms with Crippen LogP contribution in [0, 0.1) is 6.92 Å². The smallest absolute Gasteiger partial charge is 0.330 e. The summed E-state index contributed by atoms with van der Waals surface area (Å²) in [4.78, 5) is 38.8. The van der Waals surface area contributed by atoms with E-state index < -0.39 is 47.4 Å². The number of hydrogen-bond donors (Lipinski definition) is 1. The third-order valence-corrected chi connectivity index (χ3v) is 7.10. The molecule has 2 aliphatic heterocycles. The van der Waals surface area contributed by atoms with Crippen LogP contribution < -0.4 is 11.2 Å². The van der Waals surface area contributed by atoms with Gasteiger partial charge in [-0.05, 0) is 18.1 Å². The minimum absolute atomic E-state index is 0.0339. The topological polar surface area (TPSA) is 118 Å². The number of nitrogens with zero attached hydrogens (tertiary/aromatic N) is 1. The minimum atomic E-state index is -1.02. The summed E-state index contributed by atoms with van der Waals surface area (Å²) < 4.78 is 32.2. The average Bonchev–Trinajstić information content (AvgIpc) is 3.44. The summed E-state index contributed by atoms with van der Waals surface area (Å²) in [5, 5.41) is 0. The van der Waals surface area contributed by atoms with Crippen LogP contribution in [0.2, 0.25) is 0 Å². The number of aromatic nitrogens is 2. The molecule has 2 saturated heterocycles. The Labute approximate surface area is 225 Å². The van der Waals surface area contributed by atoms with Gasteiger partial charge in [0.15, 0.2) is 6.23 Å². The van der Waals surface area contributed by atoms with Crippen LogP contribution >= 0.6 is 0 Å².